The van der Waals surface area contributed by atoms with Crippen LogP contribution in [-0.2, 0) is 4.79 Å². The van der Waals surface area contributed by atoms with Gasteiger partial charge >= 0.3 is 5.97 Å². The van der Waals surface area contributed by atoms with Crippen molar-refractivity contribution in [2.24, 2.45) is 0 Å². The highest BCUT2D eigenvalue weighted by atomic mass is 79.9. The van der Waals surface area contributed by atoms with Crippen molar-refractivity contribution < 1.29 is 9.90 Å². The summed E-state index contributed by atoms with van der Waals surface area (Å²) in [6, 6.07) is 5.95. The Balaban J connectivity index is 2.76. The topological polar surface area (TPSA) is 37.3 Å². The molecule has 0 aromatic heterocycles. The average Bonchev–Trinajstić information content (AvgIpc) is 2.18. The standard InChI is InChI=1S/C11H12Br2O2/c1-7(2-5-11(14)15)9-6-8(12)3-4-10(9)13/h3-4,6-7H,2,5H2,1H3,(H,14,15). The van der Waals surface area contributed by atoms with Crippen LogP contribution in [-0.4, -0.2) is 11.1 Å². The van der Waals surface area contributed by atoms with Gasteiger partial charge in [0.2, 0.25) is 0 Å². The van der Waals surface area contributed by atoms with Crippen molar-refractivity contribution in [3.8, 4) is 0 Å². The van der Waals surface area contributed by atoms with E-state index in [1.165, 1.54) is 0 Å². The minimum Gasteiger partial charge on any atom is -0.481 e. The van der Waals surface area contributed by atoms with Gasteiger partial charge in [0, 0.05) is 15.4 Å². The van der Waals surface area contributed by atoms with E-state index in [1.807, 2.05) is 25.1 Å². The highest BCUT2D eigenvalue weighted by Crippen LogP contribution is 2.30. The first-order chi connectivity index (χ1) is 7.00. The Morgan fingerprint density at radius 3 is 2.73 bits per heavy atom. The van der Waals surface area contributed by atoms with Crippen LogP contribution in [0.25, 0.3) is 0 Å². The molecule has 1 aromatic rings. The van der Waals surface area contributed by atoms with Gasteiger partial charge in [-0.2, -0.15) is 0 Å². The van der Waals surface area contributed by atoms with Gasteiger partial charge in [0.25, 0.3) is 0 Å². The van der Waals surface area contributed by atoms with Crippen LogP contribution in [0.2, 0.25) is 0 Å². The smallest absolute Gasteiger partial charge is 0.303 e. The fraction of sp³-hybridized carbons (Fsp3) is 0.364. The molecule has 0 bridgehead atoms. The van der Waals surface area contributed by atoms with Crippen molar-refractivity contribution >= 4 is 37.8 Å². The van der Waals surface area contributed by atoms with Crippen molar-refractivity contribution in [2.45, 2.75) is 25.7 Å². The van der Waals surface area contributed by atoms with Crippen LogP contribution in [0.3, 0.4) is 0 Å². The SMILES string of the molecule is CC(CCC(=O)O)c1cc(Br)ccc1Br. The molecule has 1 unspecified atom stereocenters. The van der Waals surface area contributed by atoms with Crippen LogP contribution < -0.4 is 0 Å². The quantitative estimate of drug-likeness (QED) is 0.896. The molecule has 0 fully saturated rings. The summed E-state index contributed by atoms with van der Waals surface area (Å²) < 4.78 is 2.05. The Hall–Kier alpha value is -0.350. The Kier molecular flexibility index (Phi) is 4.80. The van der Waals surface area contributed by atoms with Crippen LogP contribution in [0.5, 0.6) is 0 Å². The molecule has 82 valence electrons. The van der Waals surface area contributed by atoms with Crippen LogP contribution in [0.15, 0.2) is 27.1 Å². The third kappa shape index (κ3) is 3.95. The zero-order valence-electron chi connectivity index (χ0n) is 8.34. The molecular formula is C11H12Br2O2. The van der Waals surface area contributed by atoms with Crippen molar-refractivity contribution in [3.05, 3.63) is 32.7 Å². The molecule has 15 heavy (non-hydrogen) atoms. The van der Waals surface area contributed by atoms with Gasteiger partial charge in [0.05, 0.1) is 0 Å². The summed E-state index contributed by atoms with van der Waals surface area (Å²) in [5.74, 6) is -0.499. The average molecular weight is 336 g/mol. The normalized spacial score (nSPS) is 12.5. The van der Waals surface area contributed by atoms with Gasteiger partial charge in [-0.3, -0.25) is 4.79 Å². The summed E-state index contributed by atoms with van der Waals surface area (Å²) >= 11 is 6.88. The predicted octanol–water partition coefficient (Wildman–Crippen LogP) is 4.18. The van der Waals surface area contributed by atoms with E-state index in [4.69, 9.17) is 5.11 Å². The largest absolute Gasteiger partial charge is 0.481 e. The maximum absolute atomic E-state index is 10.5. The van der Waals surface area contributed by atoms with Gasteiger partial charge in [-0.05, 0) is 36.1 Å². The minimum atomic E-state index is -0.743. The van der Waals surface area contributed by atoms with E-state index in [0.29, 0.717) is 6.42 Å². The molecule has 0 aliphatic rings. The van der Waals surface area contributed by atoms with Crippen LogP contribution in [0.1, 0.15) is 31.2 Å². The van der Waals surface area contributed by atoms with E-state index in [0.717, 1.165) is 14.5 Å². The summed E-state index contributed by atoms with van der Waals surface area (Å²) in [5, 5.41) is 8.61. The molecule has 1 N–H and O–H groups in total. The highest BCUT2D eigenvalue weighted by Gasteiger charge is 2.11. The van der Waals surface area contributed by atoms with Crippen molar-refractivity contribution in [1.82, 2.24) is 0 Å². The molecule has 4 heteroatoms. The van der Waals surface area contributed by atoms with Gasteiger partial charge in [-0.15, -0.1) is 0 Å². The molecule has 1 atom stereocenters. The summed E-state index contributed by atoms with van der Waals surface area (Å²) in [4.78, 5) is 10.5. The van der Waals surface area contributed by atoms with Gasteiger partial charge in [-0.1, -0.05) is 38.8 Å². The molecule has 2 nitrogen and oxygen atoms in total. The van der Waals surface area contributed by atoms with Crippen LogP contribution in [0.4, 0.5) is 0 Å². The molecule has 0 aliphatic carbocycles. The maximum Gasteiger partial charge on any atom is 0.303 e. The van der Waals surface area contributed by atoms with E-state index in [2.05, 4.69) is 31.9 Å². The van der Waals surface area contributed by atoms with E-state index in [-0.39, 0.29) is 12.3 Å². The minimum absolute atomic E-state index is 0.208. The van der Waals surface area contributed by atoms with Gasteiger partial charge in [0.1, 0.15) is 0 Å². The molecule has 0 amide bonds. The predicted molar refractivity (Wildman–Crippen MR) is 67.1 cm³/mol. The lowest BCUT2D eigenvalue weighted by Crippen LogP contribution is -2.00. The lowest BCUT2D eigenvalue weighted by Gasteiger charge is -2.12. The van der Waals surface area contributed by atoms with E-state index >= 15 is 0 Å². The first kappa shape index (κ1) is 12.7. The molecule has 0 saturated carbocycles. The fourth-order valence-electron chi connectivity index (χ4n) is 1.39. The zero-order valence-corrected chi connectivity index (χ0v) is 11.5. The Labute approximate surface area is 106 Å². The second-order valence-corrected chi connectivity index (χ2v) is 5.27. The number of halogens is 2. The molecular weight excluding hydrogens is 324 g/mol. The number of rotatable bonds is 4. The lowest BCUT2D eigenvalue weighted by atomic mass is 9.96. The highest BCUT2D eigenvalue weighted by molar-refractivity contribution is 9.11. The monoisotopic (exact) mass is 334 g/mol. The Morgan fingerprint density at radius 1 is 1.47 bits per heavy atom. The molecule has 1 rings (SSSR count). The van der Waals surface area contributed by atoms with Crippen molar-refractivity contribution in [3.63, 3.8) is 0 Å². The first-order valence-corrected chi connectivity index (χ1v) is 6.26. The molecule has 1 aromatic carbocycles. The van der Waals surface area contributed by atoms with Crippen molar-refractivity contribution in [2.75, 3.05) is 0 Å². The lowest BCUT2D eigenvalue weighted by molar-refractivity contribution is -0.137. The summed E-state index contributed by atoms with van der Waals surface area (Å²) in [7, 11) is 0. The number of carboxylic acids is 1. The van der Waals surface area contributed by atoms with Crippen LogP contribution in [0, 0.1) is 0 Å². The van der Waals surface area contributed by atoms with Gasteiger partial charge in [-0.25, -0.2) is 0 Å². The van der Waals surface area contributed by atoms with E-state index in [9.17, 15) is 4.79 Å². The molecule has 0 spiro atoms. The molecule has 0 saturated heterocycles. The summed E-state index contributed by atoms with van der Waals surface area (Å²) in [5.41, 5.74) is 1.14. The second-order valence-electron chi connectivity index (χ2n) is 3.50. The number of carboxylic acid groups (broad SMARTS) is 1. The van der Waals surface area contributed by atoms with Crippen LogP contribution >= 0.6 is 31.9 Å². The third-order valence-corrected chi connectivity index (χ3v) is 3.50. The first-order valence-electron chi connectivity index (χ1n) is 4.67. The second kappa shape index (κ2) is 5.66. The number of hydrogen-bond donors (Lipinski definition) is 1. The van der Waals surface area contributed by atoms with E-state index in [1.54, 1.807) is 0 Å². The van der Waals surface area contributed by atoms with Crippen molar-refractivity contribution in [1.29, 1.82) is 0 Å². The third-order valence-electron chi connectivity index (χ3n) is 2.28. The summed E-state index contributed by atoms with van der Waals surface area (Å²) in [6.07, 6.45) is 0.866. The van der Waals surface area contributed by atoms with Gasteiger partial charge in [0.15, 0.2) is 0 Å². The molecule has 0 heterocycles. The van der Waals surface area contributed by atoms with Gasteiger partial charge < -0.3 is 5.11 Å². The summed E-state index contributed by atoms with van der Waals surface area (Å²) in [6.45, 7) is 2.04. The zero-order chi connectivity index (χ0) is 11.4. The Bertz CT molecular complexity index is 364. The Morgan fingerprint density at radius 2 is 2.13 bits per heavy atom. The maximum atomic E-state index is 10.5. The molecule has 0 radical (unpaired) electrons. The number of aliphatic carboxylic acids is 1. The number of hydrogen-bond acceptors (Lipinski definition) is 1. The fourth-order valence-corrected chi connectivity index (χ4v) is 2.40. The number of carbonyl (C=O) groups is 1. The number of benzene rings is 1. The van der Waals surface area contributed by atoms with E-state index < -0.39 is 5.97 Å². The molecule has 0 aliphatic heterocycles.